The molecule has 2 nitrogen and oxygen atoms in total. The first-order valence-electron chi connectivity index (χ1n) is 3.63. The van der Waals surface area contributed by atoms with Crippen LogP contribution in [0.4, 0.5) is 0 Å². The number of ether oxygens (including phenoxy) is 1. The highest BCUT2D eigenvalue weighted by Gasteiger charge is 1.95. The van der Waals surface area contributed by atoms with Gasteiger partial charge in [0.15, 0.2) is 0 Å². The van der Waals surface area contributed by atoms with Crippen LogP contribution in [0.2, 0.25) is 0 Å². The van der Waals surface area contributed by atoms with Crippen LogP contribution in [0, 0.1) is 0 Å². The third-order valence-electron chi connectivity index (χ3n) is 1.33. The second-order valence-corrected chi connectivity index (χ2v) is 2.23. The maximum absolute atomic E-state index is 5.35. The van der Waals surface area contributed by atoms with E-state index in [2.05, 4.69) is 13.8 Å². The van der Waals surface area contributed by atoms with E-state index < -0.39 is 0 Å². The molecule has 0 aliphatic heterocycles. The molecule has 0 aliphatic rings. The molecule has 2 N–H and O–H groups in total. The second-order valence-electron chi connectivity index (χ2n) is 2.23. The second kappa shape index (κ2) is 6.05. The summed E-state index contributed by atoms with van der Waals surface area (Å²) in [5.74, 6) is 0. The van der Waals surface area contributed by atoms with Crippen LogP contribution in [0.25, 0.3) is 0 Å². The highest BCUT2D eigenvalue weighted by Crippen LogP contribution is 1.95. The molecule has 0 saturated carbocycles. The van der Waals surface area contributed by atoms with Gasteiger partial charge in [0.2, 0.25) is 0 Å². The zero-order valence-electron chi connectivity index (χ0n) is 6.39. The first kappa shape index (κ1) is 8.92. The Morgan fingerprint density at radius 3 is 2.67 bits per heavy atom. The van der Waals surface area contributed by atoms with Gasteiger partial charge in [-0.25, -0.2) is 0 Å². The molecule has 0 amide bonds. The van der Waals surface area contributed by atoms with Crippen molar-refractivity contribution in [3.63, 3.8) is 0 Å². The van der Waals surface area contributed by atoms with Crippen LogP contribution in [0.3, 0.4) is 0 Å². The topological polar surface area (TPSA) is 35.2 Å². The minimum Gasteiger partial charge on any atom is -0.378 e. The fourth-order valence-electron chi connectivity index (χ4n) is 0.486. The minimum atomic E-state index is 0.400. The zero-order valence-corrected chi connectivity index (χ0v) is 6.39. The molecular formula is C7H17NO. The van der Waals surface area contributed by atoms with Crippen molar-refractivity contribution < 1.29 is 4.74 Å². The Morgan fingerprint density at radius 1 is 1.56 bits per heavy atom. The Morgan fingerprint density at radius 2 is 2.22 bits per heavy atom. The molecule has 0 fully saturated rings. The van der Waals surface area contributed by atoms with Crippen molar-refractivity contribution in [2.75, 3.05) is 13.2 Å². The van der Waals surface area contributed by atoms with Crippen molar-refractivity contribution in [3.05, 3.63) is 0 Å². The predicted molar refractivity (Wildman–Crippen MR) is 39.4 cm³/mol. The molecule has 0 aromatic carbocycles. The van der Waals surface area contributed by atoms with Gasteiger partial charge in [-0.1, -0.05) is 6.92 Å². The summed E-state index contributed by atoms with van der Waals surface area (Å²) in [6, 6.07) is 0. The average molecular weight is 131 g/mol. The van der Waals surface area contributed by atoms with Crippen LogP contribution < -0.4 is 5.73 Å². The van der Waals surface area contributed by atoms with Gasteiger partial charge in [0.25, 0.3) is 0 Å². The van der Waals surface area contributed by atoms with E-state index in [1.54, 1.807) is 0 Å². The zero-order chi connectivity index (χ0) is 7.11. The lowest BCUT2D eigenvalue weighted by Gasteiger charge is -2.08. The van der Waals surface area contributed by atoms with E-state index in [0.717, 1.165) is 26.0 Å². The van der Waals surface area contributed by atoms with Crippen molar-refractivity contribution >= 4 is 0 Å². The molecule has 0 saturated heterocycles. The standard InChI is InChI=1S/C7H17NO/c1-3-7(2)9-6-4-5-8/h7H,3-6,8H2,1-2H3/t7-/m1/s1. The van der Waals surface area contributed by atoms with Gasteiger partial charge in [0.1, 0.15) is 0 Å². The highest BCUT2D eigenvalue weighted by atomic mass is 16.5. The van der Waals surface area contributed by atoms with E-state index in [0.29, 0.717) is 6.10 Å². The van der Waals surface area contributed by atoms with Gasteiger partial charge in [-0.3, -0.25) is 0 Å². The van der Waals surface area contributed by atoms with Gasteiger partial charge in [-0.05, 0) is 26.3 Å². The molecule has 56 valence electrons. The molecule has 2 heteroatoms. The number of rotatable bonds is 5. The van der Waals surface area contributed by atoms with Crippen LogP contribution in [-0.2, 0) is 4.74 Å². The van der Waals surface area contributed by atoms with Gasteiger partial charge < -0.3 is 10.5 Å². The minimum absolute atomic E-state index is 0.400. The lowest BCUT2D eigenvalue weighted by molar-refractivity contribution is 0.0631. The van der Waals surface area contributed by atoms with E-state index in [9.17, 15) is 0 Å². The smallest absolute Gasteiger partial charge is 0.0544 e. The van der Waals surface area contributed by atoms with Crippen LogP contribution in [-0.4, -0.2) is 19.3 Å². The number of hydrogen-bond donors (Lipinski definition) is 1. The highest BCUT2D eigenvalue weighted by molar-refractivity contribution is 4.44. The monoisotopic (exact) mass is 131 g/mol. The van der Waals surface area contributed by atoms with Crippen molar-refractivity contribution in [3.8, 4) is 0 Å². The Hall–Kier alpha value is -0.0800. The third kappa shape index (κ3) is 5.80. The SMILES string of the molecule is CC[C@@H](C)OCCCN. The van der Waals surface area contributed by atoms with Crippen molar-refractivity contribution in [1.29, 1.82) is 0 Å². The molecule has 0 aliphatic carbocycles. The first-order chi connectivity index (χ1) is 4.31. The van der Waals surface area contributed by atoms with Crippen LogP contribution in [0.1, 0.15) is 26.7 Å². The van der Waals surface area contributed by atoms with E-state index >= 15 is 0 Å². The summed E-state index contributed by atoms with van der Waals surface area (Å²) in [5, 5.41) is 0. The third-order valence-corrected chi connectivity index (χ3v) is 1.33. The summed E-state index contributed by atoms with van der Waals surface area (Å²) in [6.45, 7) is 5.74. The van der Waals surface area contributed by atoms with Crippen molar-refractivity contribution in [2.24, 2.45) is 5.73 Å². The summed E-state index contributed by atoms with van der Waals surface area (Å²) in [4.78, 5) is 0. The molecule has 0 aromatic heterocycles. The molecule has 0 spiro atoms. The molecular weight excluding hydrogens is 114 g/mol. The predicted octanol–water partition coefficient (Wildman–Crippen LogP) is 1.15. The van der Waals surface area contributed by atoms with E-state index in [1.165, 1.54) is 0 Å². The van der Waals surface area contributed by atoms with Crippen molar-refractivity contribution in [1.82, 2.24) is 0 Å². The summed E-state index contributed by atoms with van der Waals surface area (Å²) in [6.07, 6.45) is 2.46. The maximum atomic E-state index is 5.35. The lowest BCUT2D eigenvalue weighted by Crippen LogP contribution is -2.10. The largest absolute Gasteiger partial charge is 0.378 e. The Labute approximate surface area is 57.4 Å². The van der Waals surface area contributed by atoms with E-state index in [1.807, 2.05) is 0 Å². The lowest BCUT2D eigenvalue weighted by atomic mass is 10.3. The fraction of sp³-hybridized carbons (Fsp3) is 1.00. The molecule has 0 unspecified atom stereocenters. The molecule has 0 heterocycles. The maximum Gasteiger partial charge on any atom is 0.0544 e. The molecule has 9 heavy (non-hydrogen) atoms. The summed E-state index contributed by atoms with van der Waals surface area (Å²) in [7, 11) is 0. The molecule has 0 aromatic rings. The molecule has 1 atom stereocenters. The number of hydrogen-bond acceptors (Lipinski definition) is 2. The summed E-state index contributed by atoms with van der Waals surface area (Å²) in [5.41, 5.74) is 5.28. The van der Waals surface area contributed by atoms with Gasteiger partial charge in [-0.15, -0.1) is 0 Å². The van der Waals surface area contributed by atoms with E-state index in [4.69, 9.17) is 10.5 Å². The molecule has 0 rings (SSSR count). The van der Waals surface area contributed by atoms with Crippen molar-refractivity contribution in [2.45, 2.75) is 32.8 Å². The van der Waals surface area contributed by atoms with Gasteiger partial charge in [0.05, 0.1) is 6.10 Å². The Kier molecular flexibility index (Phi) is 5.99. The summed E-state index contributed by atoms with van der Waals surface area (Å²) >= 11 is 0. The summed E-state index contributed by atoms with van der Waals surface area (Å²) < 4.78 is 5.35. The first-order valence-corrected chi connectivity index (χ1v) is 3.63. The Balaban J connectivity index is 2.88. The van der Waals surface area contributed by atoms with Crippen LogP contribution >= 0.6 is 0 Å². The van der Waals surface area contributed by atoms with E-state index in [-0.39, 0.29) is 0 Å². The average Bonchev–Trinajstić information content (AvgIpc) is 1.89. The quantitative estimate of drug-likeness (QED) is 0.568. The van der Waals surface area contributed by atoms with Crippen LogP contribution in [0.5, 0.6) is 0 Å². The Bertz CT molecular complexity index is 56.9. The van der Waals surface area contributed by atoms with Gasteiger partial charge in [-0.2, -0.15) is 0 Å². The molecule has 0 bridgehead atoms. The van der Waals surface area contributed by atoms with Gasteiger partial charge in [0, 0.05) is 6.61 Å². The number of nitrogens with two attached hydrogens (primary N) is 1. The molecule has 0 radical (unpaired) electrons. The normalized spacial score (nSPS) is 13.7. The fourth-order valence-corrected chi connectivity index (χ4v) is 0.486. The van der Waals surface area contributed by atoms with Crippen LogP contribution in [0.15, 0.2) is 0 Å². The van der Waals surface area contributed by atoms with Gasteiger partial charge >= 0.3 is 0 Å².